The van der Waals surface area contributed by atoms with E-state index in [2.05, 4.69) is 15.8 Å². The van der Waals surface area contributed by atoms with Crippen molar-refractivity contribution in [2.45, 2.75) is 26.3 Å². The lowest BCUT2D eigenvalue weighted by Gasteiger charge is -2.25. The number of carboxylic acids is 1. The van der Waals surface area contributed by atoms with Gasteiger partial charge in [0.05, 0.1) is 13.0 Å². The third-order valence-electron chi connectivity index (χ3n) is 2.68. The Kier molecular flexibility index (Phi) is 6.45. The summed E-state index contributed by atoms with van der Waals surface area (Å²) >= 11 is 0. The third-order valence-corrected chi connectivity index (χ3v) is 2.68. The zero-order chi connectivity index (χ0) is 15.0. The maximum Gasteiger partial charge on any atom is 0.304 e. The highest BCUT2D eigenvalue weighted by Gasteiger charge is 2.15. The zero-order valence-electron chi connectivity index (χ0n) is 11.7. The summed E-state index contributed by atoms with van der Waals surface area (Å²) in [7, 11) is 0. The monoisotopic (exact) mass is 280 g/mol. The van der Waals surface area contributed by atoms with Gasteiger partial charge in [0.2, 0.25) is 0 Å². The Hall–Kier alpha value is -2.15. The van der Waals surface area contributed by atoms with E-state index in [1.165, 1.54) is 0 Å². The quantitative estimate of drug-likeness (QED) is 0.607. The van der Waals surface area contributed by atoms with Crippen molar-refractivity contribution in [2.75, 3.05) is 18.5 Å². The normalized spacial score (nSPS) is 10.6. The van der Waals surface area contributed by atoms with Crippen LogP contribution in [0.5, 0.6) is 0 Å². The molecule has 1 aromatic rings. The minimum absolute atomic E-state index is 0.0130. The molecule has 0 spiro atoms. The van der Waals surface area contributed by atoms with Crippen molar-refractivity contribution >= 4 is 17.7 Å². The van der Waals surface area contributed by atoms with E-state index in [0.717, 1.165) is 0 Å². The van der Waals surface area contributed by atoms with Crippen molar-refractivity contribution in [1.82, 2.24) is 15.3 Å². The van der Waals surface area contributed by atoms with E-state index < -0.39 is 5.97 Å². The summed E-state index contributed by atoms with van der Waals surface area (Å²) < 4.78 is 0. The van der Waals surface area contributed by atoms with Crippen LogP contribution in [0.15, 0.2) is 24.4 Å². The fraction of sp³-hybridized carbons (Fsp3) is 0.462. The standard InChI is InChI=1S/C13H20N4O3/c1-10(2)17(8-6-13(19)20)9-12(18)16-15-11-5-3-4-7-14-11/h3-5,7,10H,6,8-9H2,1-2H3,(H,14,15)(H,16,18)(H,19,20). The number of carboxylic acid groups (broad SMARTS) is 1. The predicted molar refractivity (Wildman–Crippen MR) is 75.0 cm³/mol. The molecule has 0 unspecified atom stereocenters. The summed E-state index contributed by atoms with van der Waals surface area (Å²) in [4.78, 5) is 28.2. The molecule has 0 saturated carbocycles. The van der Waals surface area contributed by atoms with Crippen LogP contribution in [0.1, 0.15) is 20.3 Å². The van der Waals surface area contributed by atoms with Crippen LogP contribution in [-0.2, 0) is 9.59 Å². The molecule has 20 heavy (non-hydrogen) atoms. The molecule has 1 heterocycles. The van der Waals surface area contributed by atoms with Gasteiger partial charge in [-0.2, -0.15) is 0 Å². The Balaban J connectivity index is 2.39. The van der Waals surface area contributed by atoms with Gasteiger partial charge < -0.3 is 5.11 Å². The number of rotatable bonds is 8. The zero-order valence-corrected chi connectivity index (χ0v) is 11.7. The molecule has 7 nitrogen and oxygen atoms in total. The third kappa shape index (κ3) is 6.14. The highest BCUT2D eigenvalue weighted by atomic mass is 16.4. The van der Waals surface area contributed by atoms with Gasteiger partial charge in [0.25, 0.3) is 5.91 Å². The molecule has 0 aromatic carbocycles. The maximum absolute atomic E-state index is 11.8. The molecule has 0 aliphatic carbocycles. The highest BCUT2D eigenvalue weighted by molar-refractivity contribution is 5.79. The first-order chi connectivity index (χ1) is 9.49. The lowest BCUT2D eigenvalue weighted by Crippen LogP contribution is -2.43. The number of pyridine rings is 1. The number of anilines is 1. The first-order valence-corrected chi connectivity index (χ1v) is 6.40. The molecule has 3 N–H and O–H groups in total. The number of hydrogen-bond donors (Lipinski definition) is 3. The van der Waals surface area contributed by atoms with Crippen LogP contribution in [0.3, 0.4) is 0 Å². The number of hydrogen-bond acceptors (Lipinski definition) is 5. The average Bonchev–Trinajstić information content (AvgIpc) is 2.41. The average molecular weight is 280 g/mol. The van der Waals surface area contributed by atoms with Gasteiger partial charge in [-0.15, -0.1) is 0 Å². The number of amides is 1. The smallest absolute Gasteiger partial charge is 0.304 e. The van der Waals surface area contributed by atoms with E-state index in [4.69, 9.17) is 5.11 Å². The van der Waals surface area contributed by atoms with Crippen LogP contribution in [0.2, 0.25) is 0 Å². The molecule has 1 amide bonds. The van der Waals surface area contributed by atoms with Gasteiger partial charge in [-0.05, 0) is 26.0 Å². The number of hydrazine groups is 1. The van der Waals surface area contributed by atoms with Gasteiger partial charge in [-0.3, -0.25) is 25.3 Å². The second-order valence-corrected chi connectivity index (χ2v) is 4.60. The number of nitrogens with zero attached hydrogens (tertiary/aromatic N) is 2. The number of aliphatic carboxylic acids is 1. The van der Waals surface area contributed by atoms with Gasteiger partial charge in [-0.1, -0.05) is 6.07 Å². The molecule has 0 aliphatic heterocycles. The first kappa shape index (κ1) is 15.9. The van der Waals surface area contributed by atoms with E-state index in [9.17, 15) is 9.59 Å². The molecule has 0 atom stereocenters. The lowest BCUT2D eigenvalue weighted by atomic mass is 10.3. The fourth-order valence-electron chi connectivity index (χ4n) is 1.55. The van der Waals surface area contributed by atoms with Gasteiger partial charge >= 0.3 is 5.97 Å². The van der Waals surface area contributed by atoms with Gasteiger partial charge in [0, 0.05) is 18.8 Å². The van der Waals surface area contributed by atoms with Crippen LogP contribution in [0.4, 0.5) is 5.82 Å². The second-order valence-electron chi connectivity index (χ2n) is 4.60. The Bertz CT molecular complexity index is 437. The minimum Gasteiger partial charge on any atom is -0.481 e. The largest absolute Gasteiger partial charge is 0.481 e. The Morgan fingerprint density at radius 1 is 1.40 bits per heavy atom. The molecule has 1 rings (SSSR count). The molecule has 0 radical (unpaired) electrons. The second kappa shape index (κ2) is 8.11. The molecule has 0 saturated heterocycles. The van der Waals surface area contributed by atoms with Crippen molar-refractivity contribution < 1.29 is 14.7 Å². The van der Waals surface area contributed by atoms with Crippen molar-refractivity contribution in [2.24, 2.45) is 0 Å². The summed E-state index contributed by atoms with van der Waals surface area (Å²) in [6, 6.07) is 5.40. The van der Waals surface area contributed by atoms with E-state index in [1.54, 1.807) is 29.3 Å². The Morgan fingerprint density at radius 2 is 2.15 bits per heavy atom. The van der Waals surface area contributed by atoms with Gasteiger partial charge in [-0.25, -0.2) is 4.98 Å². The lowest BCUT2D eigenvalue weighted by molar-refractivity contribution is -0.138. The summed E-state index contributed by atoms with van der Waals surface area (Å²) in [6.07, 6.45) is 1.63. The van der Waals surface area contributed by atoms with Crippen LogP contribution < -0.4 is 10.9 Å². The summed E-state index contributed by atoms with van der Waals surface area (Å²) in [5, 5.41) is 8.68. The summed E-state index contributed by atoms with van der Waals surface area (Å²) in [5.74, 6) is -0.570. The number of carbonyl (C=O) groups excluding carboxylic acids is 1. The highest BCUT2D eigenvalue weighted by Crippen LogP contribution is 2.00. The number of aromatic nitrogens is 1. The van der Waals surface area contributed by atoms with Crippen molar-refractivity contribution in [1.29, 1.82) is 0 Å². The topological polar surface area (TPSA) is 94.6 Å². The first-order valence-electron chi connectivity index (χ1n) is 6.40. The van der Waals surface area contributed by atoms with Gasteiger partial charge in [0.15, 0.2) is 0 Å². The SMILES string of the molecule is CC(C)N(CCC(=O)O)CC(=O)NNc1ccccn1. The fourth-order valence-corrected chi connectivity index (χ4v) is 1.55. The van der Waals surface area contributed by atoms with Crippen LogP contribution >= 0.6 is 0 Å². The predicted octanol–water partition coefficient (Wildman–Crippen LogP) is 0.710. The summed E-state index contributed by atoms with van der Waals surface area (Å²) in [6.45, 7) is 4.30. The molecule has 0 bridgehead atoms. The molecule has 1 aromatic heterocycles. The van der Waals surface area contributed by atoms with Crippen molar-refractivity contribution in [3.63, 3.8) is 0 Å². The minimum atomic E-state index is -0.873. The molecule has 0 aliphatic rings. The number of carbonyl (C=O) groups is 2. The Labute approximate surface area is 118 Å². The van der Waals surface area contributed by atoms with E-state index in [0.29, 0.717) is 12.4 Å². The van der Waals surface area contributed by atoms with Crippen LogP contribution in [-0.4, -0.2) is 46.0 Å². The molecule has 0 fully saturated rings. The van der Waals surface area contributed by atoms with Crippen molar-refractivity contribution in [3.8, 4) is 0 Å². The van der Waals surface area contributed by atoms with Gasteiger partial charge in [0.1, 0.15) is 5.82 Å². The Morgan fingerprint density at radius 3 is 2.70 bits per heavy atom. The van der Waals surface area contributed by atoms with E-state index in [-0.39, 0.29) is 24.9 Å². The molecular formula is C13H20N4O3. The molecule has 110 valence electrons. The maximum atomic E-state index is 11.8. The number of nitrogens with one attached hydrogen (secondary N) is 2. The van der Waals surface area contributed by atoms with Crippen LogP contribution in [0.25, 0.3) is 0 Å². The van der Waals surface area contributed by atoms with E-state index >= 15 is 0 Å². The van der Waals surface area contributed by atoms with Crippen molar-refractivity contribution in [3.05, 3.63) is 24.4 Å². The molecular weight excluding hydrogens is 260 g/mol. The van der Waals surface area contributed by atoms with Crippen LogP contribution in [0, 0.1) is 0 Å². The molecule has 7 heteroatoms. The summed E-state index contributed by atoms with van der Waals surface area (Å²) in [5.41, 5.74) is 5.23. The van der Waals surface area contributed by atoms with E-state index in [1.807, 2.05) is 13.8 Å².